The highest BCUT2D eigenvalue weighted by Crippen LogP contribution is 2.29. The molecular formula is C20H19N5O2. The summed E-state index contributed by atoms with van der Waals surface area (Å²) >= 11 is 0. The summed E-state index contributed by atoms with van der Waals surface area (Å²) in [5.41, 5.74) is 2.70. The third kappa shape index (κ3) is 2.67. The Morgan fingerprint density at radius 3 is 2.52 bits per heavy atom. The van der Waals surface area contributed by atoms with E-state index in [0.717, 1.165) is 52.7 Å². The Kier molecular flexibility index (Phi) is 3.86. The second-order valence-electron chi connectivity index (χ2n) is 6.44. The Hall–Kier alpha value is -3.19. The topological polar surface area (TPSA) is 64.8 Å². The van der Waals surface area contributed by atoms with Crippen molar-refractivity contribution < 1.29 is 9.47 Å². The summed E-state index contributed by atoms with van der Waals surface area (Å²) < 4.78 is 12.8. The minimum Gasteiger partial charge on any atom is -0.497 e. The molecule has 7 heteroatoms. The summed E-state index contributed by atoms with van der Waals surface area (Å²) in [6, 6.07) is 15.9. The number of para-hydroxylation sites is 1. The number of benzene rings is 2. The van der Waals surface area contributed by atoms with E-state index in [1.54, 1.807) is 7.11 Å². The van der Waals surface area contributed by atoms with Crippen LogP contribution in [0.4, 0.5) is 5.95 Å². The highest BCUT2D eigenvalue weighted by Gasteiger charge is 2.21. The molecule has 1 aliphatic heterocycles. The van der Waals surface area contributed by atoms with Crippen molar-refractivity contribution in [1.82, 2.24) is 19.6 Å². The van der Waals surface area contributed by atoms with Crippen LogP contribution in [-0.4, -0.2) is 53.0 Å². The quantitative estimate of drug-likeness (QED) is 0.559. The van der Waals surface area contributed by atoms with Gasteiger partial charge in [0, 0.05) is 24.0 Å². The van der Waals surface area contributed by atoms with Crippen LogP contribution >= 0.6 is 0 Å². The Bertz CT molecular complexity index is 1100. The molecule has 0 spiro atoms. The molecule has 2 aromatic heterocycles. The van der Waals surface area contributed by atoms with Gasteiger partial charge in [-0.05, 0) is 36.4 Å². The highest BCUT2D eigenvalue weighted by atomic mass is 16.5. The molecule has 0 saturated carbocycles. The molecule has 1 saturated heterocycles. The standard InChI is InChI=1S/C20H19N5O2/c1-26-15-8-6-14(7-9-15)18-22-23-19-16-4-2-3-5-17(16)21-20(25(18)19)24-10-12-27-13-11-24/h2-9H,10-13H2,1H3. The molecule has 0 bridgehead atoms. The van der Waals surface area contributed by atoms with Gasteiger partial charge in [0.05, 0.1) is 25.8 Å². The number of anilines is 1. The number of nitrogens with zero attached hydrogens (tertiary/aromatic N) is 5. The second-order valence-corrected chi connectivity index (χ2v) is 6.44. The molecule has 5 rings (SSSR count). The van der Waals surface area contributed by atoms with Crippen LogP contribution in [0.25, 0.3) is 27.9 Å². The monoisotopic (exact) mass is 361 g/mol. The first-order valence-electron chi connectivity index (χ1n) is 8.96. The molecule has 0 atom stereocenters. The smallest absolute Gasteiger partial charge is 0.213 e. The Morgan fingerprint density at radius 1 is 0.963 bits per heavy atom. The predicted octanol–water partition coefficient (Wildman–Crippen LogP) is 2.79. The molecular weight excluding hydrogens is 342 g/mol. The van der Waals surface area contributed by atoms with Gasteiger partial charge in [-0.15, -0.1) is 10.2 Å². The number of aromatic nitrogens is 4. The number of morpholine rings is 1. The molecule has 1 fully saturated rings. The number of ether oxygens (including phenoxy) is 2. The first kappa shape index (κ1) is 16.0. The average Bonchev–Trinajstić information content (AvgIpc) is 3.19. The van der Waals surface area contributed by atoms with Gasteiger partial charge in [0.15, 0.2) is 11.5 Å². The lowest BCUT2D eigenvalue weighted by Gasteiger charge is -2.28. The van der Waals surface area contributed by atoms with Crippen LogP contribution in [-0.2, 0) is 4.74 Å². The van der Waals surface area contributed by atoms with Crippen molar-refractivity contribution in [3.8, 4) is 17.1 Å². The van der Waals surface area contributed by atoms with Crippen LogP contribution in [0, 0.1) is 0 Å². The third-order valence-electron chi connectivity index (χ3n) is 4.87. The zero-order chi connectivity index (χ0) is 18.2. The van der Waals surface area contributed by atoms with Gasteiger partial charge in [0.1, 0.15) is 5.75 Å². The number of methoxy groups -OCH3 is 1. The highest BCUT2D eigenvalue weighted by molar-refractivity contribution is 5.93. The molecule has 0 amide bonds. The van der Waals surface area contributed by atoms with E-state index >= 15 is 0 Å². The van der Waals surface area contributed by atoms with Gasteiger partial charge >= 0.3 is 0 Å². The van der Waals surface area contributed by atoms with E-state index in [1.165, 1.54) is 0 Å². The zero-order valence-electron chi connectivity index (χ0n) is 15.0. The molecule has 4 aromatic rings. The van der Waals surface area contributed by atoms with E-state index in [0.29, 0.717) is 13.2 Å². The SMILES string of the molecule is COc1ccc(-c2nnc3c4ccccc4nc(N4CCOCC4)n23)cc1. The van der Waals surface area contributed by atoms with Crippen LogP contribution in [0.1, 0.15) is 0 Å². The molecule has 1 aliphatic rings. The first-order valence-corrected chi connectivity index (χ1v) is 8.96. The summed E-state index contributed by atoms with van der Waals surface area (Å²) in [4.78, 5) is 7.18. The fourth-order valence-electron chi connectivity index (χ4n) is 3.47. The molecule has 136 valence electrons. The van der Waals surface area contributed by atoms with Gasteiger partial charge in [-0.3, -0.25) is 0 Å². The van der Waals surface area contributed by atoms with E-state index in [1.807, 2.05) is 48.5 Å². The maximum Gasteiger partial charge on any atom is 0.213 e. The molecule has 7 nitrogen and oxygen atoms in total. The summed E-state index contributed by atoms with van der Waals surface area (Å²) in [7, 11) is 1.66. The number of rotatable bonds is 3. The van der Waals surface area contributed by atoms with E-state index in [4.69, 9.17) is 14.5 Å². The van der Waals surface area contributed by atoms with Crippen molar-refractivity contribution in [2.45, 2.75) is 0 Å². The number of hydrogen-bond donors (Lipinski definition) is 0. The van der Waals surface area contributed by atoms with Crippen molar-refractivity contribution in [3.05, 3.63) is 48.5 Å². The molecule has 27 heavy (non-hydrogen) atoms. The van der Waals surface area contributed by atoms with Gasteiger partial charge in [-0.1, -0.05) is 12.1 Å². The molecule has 3 heterocycles. The molecule has 2 aromatic carbocycles. The summed E-state index contributed by atoms with van der Waals surface area (Å²) in [6.07, 6.45) is 0. The largest absolute Gasteiger partial charge is 0.497 e. The van der Waals surface area contributed by atoms with Crippen LogP contribution in [0.15, 0.2) is 48.5 Å². The van der Waals surface area contributed by atoms with Crippen molar-refractivity contribution in [1.29, 1.82) is 0 Å². The summed E-state index contributed by atoms with van der Waals surface area (Å²) in [6.45, 7) is 2.97. The van der Waals surface area contributed by atoms with Crippen molar-refractivity contribution in [3.63, 3.8) is 0 Å². The normalized spacial score (nSPS) is 14.8. The van der Waals surface area contributed by atoms with Crippen LogP contribution in [0.3, 0.4) is 0 Å². The average molecular weight is 361 g/mol. The molecule has 0 aliphatic carbocycles. The van der Waals surface area contributed by atoms with Gasteiger partial charge in [-0.2, -0.15) is 0 Å². The molecule has 0 radical (unpaired) electrons. The van der Waals surface area contributed by atoms with Crippen molar-refractivity contribution in [2.24, 2.45) is 0 Å². The number of fused-ring (bicyclic) bond motifs is 3. The fourth-order valence-corrected chi connectivity index (χ4v) is 3.47. The predicted molar refractivity (Wildman–Crippen MR) is 103 cm³/mol. The Balaban J connectivity index is 1.77. The third-order valence-corrected chi connectivity index (χ3v) is 4.87. The van der Waals surface area contributed by atoms with Crippen LogP contribution in [0.5, 0.6) is 5.75 Å². The minimum atomic E-state index is 0.690. The van der Waals surface area contributed by atoms with E-state index in [-0.39, 0.29) is 0 Å². The lowest BCUT2D eigenvalue weighted by atomic mass is 10.2. The van der Waals surface area contributed by atoms with Gasteiger partial charge in [-0.25, -0.2) is 9.38 Å². The maximum absolute atomic E-state index is 5.52. The van der Waals surface area contributed by atoms with Gasteiger partial charge in [0.25, 0.3) is 0 Å². The fraction of sp³-hybridized carbons (Fsp3) is 0.250. The van der Waals surface area contributed by atoms with Gasteiger partial charge in [0.2, 0.25) is 5.95 Å². The maximum atomic E-state index is 5.52. The van der Waals surface area contributed by atoms with Crippen molar-refractivity contribution >= 4 is 22.5 Å². The van der Waals surface area contributed by atoms with Crippen LogP contribution < -0.4 is 9.64 Å². The van der Waals surface area contributed by atoms with Crippen molar-refractivity contribution in [2.75, 3.05) is 38.3 Å². The van der Waals surface area contributed by atoms with E-state index in [9.17, 15) is 0 Å². The zero-order valence-corrected chi connectivity index (χ0v) is 15.0. The summed E-state index contributed by atoms with van der Waals surface area (Å²) in [5, 5.41) is 9.99. The first-order chi connectivity index (χ1) is 13.3. The van der Waals surface area contributed by atoms with Crippen LogP contribution in [0.2, 0.25) is 0 Å². The molecule has 0 unspecified atom stereocenters. The molecule has 0 N–H and O–H groups in total. The second kappa shape index (κ2) is 6.51. The Morgan fingerprint density at radius 2 is 1.74 bits per heavy atom. The van der Waals surface area contributed by atoms with E-state index in [2.05, 4.69) is 19.5 Å². The van der Waals surface area contributed by atoms with Gasteiger partial charge < -0.3 is 14.4 Å². The number of hydrogen-bond acceptors (Lipinski definition) is 6. The summed E-state index contributed by atoms with van der Waals surface area (Å²) in [5.74, 6) is 2.43. The van der Waals surface area contributed by atoms with E-state index < -0.39 is 0 Å². The minimum absolute atomic E-state index is 0.690. The Labute approximate surface area is 156 Å². The lowest BCUT2D eigenvalue weighted by Crippen LogP contribution is -2.38. The lowest BCUT2D eigenvalue weighted by molar-refractivity contribution is 0.122.